The zero-order chi connectivity index (χ0) is 23.7. The molecule has 1 saturated heterocycles. The van der Waals surface area contributed by atoms with Crippen LogP contribution in [0.1, 0.15) is 48.8 Å². The van der Waals surface area contributed by atoms with Gasteiger partial charge in [0.15, 0.2) is 11.6 Å². The summed E-state index contributed by atoms with van der Waals surface area (Å²) in [7, 11) is 1.56. The molecule has 0 spiro atoms. The molecule has 1 heterocycles. The fraction of sp³-hybridized carbons (Fsp3) is 0.357. The highest BCUT2D eigenvalue weighted by molar-refractivity contribution is 5.65. The number of ether oxygens (including phenoxy) is 3. The lowest BCUT2D eigenvalue weighted by molar-refractivity contribution is 0.198. The van der Waals surface area contributed by atoms with E-state index in [9.17, 15) is 8.78 Å². The molecule has 5 rings (SSSR count). The van der Waals surface area contributed by atoms with Gasteiger partial charge in [0.25, 0.3) is 0 Å². The molecule has 0 amide bonds. The summed E-state index contributed by atoms with van der Waals surface area (Å²) in [6.07, 6.45) is 3.10. The Kier molecular flexibility index (Phi) is 6.50. The van der Waals surface area contributed by atoms with Crippen molar-refractivity contribution in [1.82, 2.24) is 0 Å². The Hall–Kier alpha value is -2.99. The van der Waals surface area contributed by atoms with E-state index >= 15 is 4.39 Å². The van der Waals surface area contributed by atoms with E-state index in [0.717, 1.165) is 25.7 Å². The van der Waals surface area contributed by atoms with Gasteiger partial charge in [-0.2, -0.15) is 0 Å². The van der Waals surface area contributed by atoms with Crippen molar-refractivity contribution in [2.24, 2.45) is 5.92 Å². The first kappa shape index (κ1) is 22.8. The molecule has 0 bridgehead atoms. The highest BCUT2D eigenvalue weighted by atomic mass is 19.2. The van der Waals surface area contributed by atoms with Crippen LogP contribution in [0.3, 0.4) is 0 Å². The van der Waals surface area contributed by atoms with Gasteiger partial charge in [-0.05, 0) is 72.9 Å². The molecule has 6 heteroatoms. The average molecular weight is 469 g/mol. The van der Waals surface area contributed by atoms with E-state index < -0.39 is 11.6 Å². The van der Waals surface area contributed by atoms with Gasteiger partial charge in [-0.1, -0.05) is 24.3 Å². The van der Waals surface area contributed by atoms with Gasteiger partial charge in [-0.15, -0.1) is 0 Å². The summed E-state index contributed by atoms with van der Waals surface area (Å²) < 4.78 is 60.2. The normalized spacial score (nSPS) is 21.8. The third kappa shape index (κ3) is 4.78. The number of rotatable bonds is 7. The molecule has 2 fully saturated rings. The first-order valence-corrected chi connectivity index (χ1v) is 11.7. The summed E-state index contributed by atoms with van der Waals surface area (Å²) in [5, 5.41) is 0. The van der Waals surface area contributed by atoms with Gasteiger partial charge in [0.1, 0.15) is 23.4 Å². The molecule has 0 aromatic heterocycles. The zero-order valence-electron chi connectivity index (χ0n) is 19.0. The van der Waals surface area contributed by atoms with Gasteiger partial charge < -0.3 is 14.2 Å². The van der Waals surface area contributed by atoms with Crippen molar-refractivity contribution in [3.05, 3.63) is 83.2 Å². The van der Waals surface area contributed by atoms with Crippen LogP contribution in [0, 0.1) is 23.4 Å². The second-order valence-corrected chi connectivity index (χ2v) is 9.09. The Balaban J connectivity index is 1.19. The number of hydrogen-bond acceptors (Lipinski definition) is 3. The molecule has 34 heavy (non-hydrogen) atoms. The summed E-state index contributed by atoms with van der Waals surface area (Å²) in [6.45, 7) is 1.05. The van der Waals surface area contributed by atoms with Gasteiger partial charge >= 0.3 is 0 Å². The molecule has 1 aliphatic carbocycles. The number of benzene rings is 3. The van der Waals surface area contributed by atoms with Crippen LogP contribution in [-0.4, -0.2) is 20.3 Å². The lowest BCUT2D eigenvalue weighted by Gasteiger charge is -2.29. The minimum absolute atomic E-state index is 0.0223. The maximum Gasteiger partial charge on any atom is 0.166 e. The molecular weight excluding hydrogens is 441 g/mol. The Morgan fingerprint density at radius 2 is 1.50 bits per heavy atom. The number of epoxide rings is 1. The van der Waals surface area contributed by atoms with Crippen LogP contribution in [0.25, 0.3) is 11.1 Å². The topological polar surface area (TPSA) is 31.0 Å². The first-order valence-electron chi connectivity index (χ1n) is 11.7. The standard InChI is InChI=1S/C28H27F3O3/c1-32-20-8-6-19(7-9-20)23-13-12-22(27(30)28(23)31)18-4-2-17(3-5-18)15-33-21-10-11-24(25(29)14-21)26-16-34-26/h6-14,17-18,26H,2-5,15-16H2,1H3. The van der Waals surface area contributed by atoms with E-state index in [-0.39, 0.29) is 23.4 Å². The summed E-state index contributed by atoms with van der Waals surface area (Å²) in [5.74, 6) is -0.427. The maximum absolute atomic E-state index is 15.0. The predicted octanol–water partition coefficient (Wildman–Crippen LogP) is 7.20. The largest absolute Gasteiger partial charge is 0.497 e. The van der Waals surface area contributed by atoms with Crippen LogP contribution in [0.4, 0.5) is 13.2 Å². The van der Waals surface area contributed by atoms with Crippen molar-refractivity contribution in [1.29, 1.82) is 0 Å². The predicted molar refractivity (Wildman–Crippen MR) is 124 cm³/mol. The van der Waals surface area contributed by atoms with Crippen molar-refractivity contribution in [3.63, 3.8) is 0 Å². The highest BCUT2D eigenvalue weighted by Gasteiger charge is 2.29. The lowest BCUT2D eigenvalue weighted by Crippen LogP contribution is -2.20. The highest BCUT2D eigenvalue weighted by Crippen LogP contribution is 2.39. The molecule has 3 aromatic rings. The van der Waals surface area contributed by atoms with Gasteiger partial charge in [0, 0.05) is 17.2 Å². The Bertz CT molecular complexity index is 1150. The van der Waals surface area contributed by atoms with Crippen LogP contribution < -0.4 is 9.47 Å². The molecular formula is C28H27F3O3. The smallest absolute Gasteiger partial charge is 0.166 e. The van der Waals surface area contributed by atoms with Crippen LogP contribution in [0.5, 0.6) is 11.5 Å². The second kappa shape index (κ2) is 9.71. The first-order chi connectivity index (χ1) is 16.5. The molecule has 1 saturated carbocycles. The SMILES string of the molecule is COc1ccc(-c2ccc(C3CCC(COc4ccc(C5CO5)c(F)c4)CC3)c(F)c2F)cc1. The Morgan fingerprint density at radius 3 is 2.15 bits per heavy atom. The van der Waals surface area contributed by atoms with E-state index in [2.05, 4.69) is 0 Å². The maximum atomic E-state index is 15.0. The van der Waals surface area contributed by atoms with Gasteiger partial charge in [0.2, 0.25) is 0 Å². The number of hydrogen-bond donors (Lipinski definition) is 0. The van der Waals surface area contributed by atoms with Crippen LogP contribution in [-0.2, 0) is 4.74 Å². The fourth-order valence-corrected chi connectivity index (χ4v) is 4.81. The van der Waals surface area contributed by atoms with E-state index in [1.165, 1.54) is 6.07 Å². The fourth-order valence-electron chi connectivity index (χ4n) is 4.81. The minimum atomic E-state index is -0.810. The van der Waals surface area contributed by atoms with Gasteiger partial charge in [0.05, 0.1) is 20.3 Å². The van der Waals surface area contributed by atoms with E-state index in [1.807, 2.05) is 0 Å². The lowest BCUT2D eigenvalue weighted by atomic mass is 9.78. The third-order valence-corrected chi connectivity index (χ3v) is 6.94. The summed E-state index contributed by atoms with van der Waals surface area (Å²) >= 11 is 0. The van der Waals surface area contributed by atoms with Crippen molar-refractivity contribution in [3.8, 4) is 22.6 Å². The monoisotopic (exact) mass is 468 g/mol. The summed E-state index contributed by atoms with van der Waals surface area (Å²) in [5.41, 5.74) is 1.87. The van der Waals surface area contributed by atoms with Crippen LogP contribution in [0.2, 0.25) is 0 Å². The van der Waals surface area contributed by atoms with Gasteiger partial charge in [-0.3, -0.25) is 0 Å². The van der Waals surface area contributed by atoms with Crippen molar-refractivity contribution in [2.75, 3.05) is 20.3 Å². The number of halogens is 3. The molecule has 2 aliphatic rings. The molecule has 1 aliphatic heterocycles. The molecule has 0 radical (unpaired) electrons. The number of methoxy groups -OCH3 is 1. The molecule has 3 aromatic carbocycles. The quantitative estimate of drug-likeness (QED) is 0.344. The van der Waals surface area contributed by atoms with E-state index in [0.29, 0.717) is 47.3 Å². The Morgan fingerprint density at radius 1 is 0.824 bits per heavy atom. The van der Waals surface area contributed by atoms with Crippen molar-refractivity contribution >= 4 is 0 Å². The second-order valence-electron chi connectivity index (χ2n) is 9.09. The minimum Gasteiger partial charge on any atom is -0.497 e. The van der Waals surface area contributed by atoms with Gasteiger partial charge in [-0.25, -0.2) is 13.2 Å². The van der Waals surface area contributed by atoms with Crippen LogP contribution >= 0.6 is 0 Å². The Labute approximate surface area is 197 Å². The third-order valence-electron chi connectivity index (χ3n) is 6.94. The summed E-state index contributed by atoms with van der Waals surface area (Å²) in [4.78, 5) is 0. The van der Waals surface area contributed by atoms with Crippen LogP contribution in [0.15, 0.2) is 54.6 Å². The molecule has 0 N–H and O–H groups in total. The molecule has 1 unspecified atom stereocenters. The molecule has 1 atom stereocenters. The molecule has 178 valence electrons. The van der Waals surface area contributed by atoms with E-state index in [4.69, 9.17) is 14.2 Å². The van der Waals surface area contributed by atoms with E-state index in [1.54, 1.807) is 55.6 Å². The average Bonchev–Trinajstić information content (AvgIpc) is 3.70. The molecule has 3 nitrogen and oxygen atoms in total. The van der Waals surface area contributed by atoms with Crippen molar-refractivity contribution < 1.29 is 27.4 Å². The zero-order valence-corrected chi connectivity index (χ0v) is 19.0. The van der Waals surface area contributed by atoms with Crippen molar-refractivity contribution in [2.45, 2.75) is 37.7 Å². The summed E-state index contributed by atoms with van der Waals surface area (Å²) in [6, 6.07) is 15.2.